The average Bonchev–Trinajstić information content (AvgIpc) is 3.61. The SMILES string of the molecule is Cc1cccc(N(c2ccc3c(c2)-c2c(c4c5ccccc5c5ccccc5c4c4ccccc24)[Si]3(c2ccccc2)c2ccccc2)c2ccc3ccccc3c2)c1. The van der Waals surface area contributed by atoms with Crippen molar-refractivity contribution in [3.05, 3.63) is 224 Å². The summed E-state index contributed by atoms with van der Waals surface area (Å²) >= 11 is 0. The Bertz CT molecular complexity index is 3420. The number of nitrogens with zero attached hydrogens (tertiary/aromatic N) is 1. The summed E-state index contributed by atoms with van der Waals surface area (Å²) in [6.07, 6.45) is 0. The summed E-state index contributed by atoms with van der Waals surface area (Å²) in [6.45, 7) is 2.19. The third-order valence-electron chi connectivity index (χ3n) is 12.9. The summed E-state index contributed by atoms with van der Waals surface area (Å²) in [6, 6.07) is 82.2. The number of anilines is 3. The maximum atomic E-state index is 2.52. The molecule has 0 fully saturated rings. The van der Waals surface area contributed by atoms with E-state index in [4.69, 9.17) is 0 Å². The van der Waals surface area contributed by atoms with Gasteiger partial charge in [0, 0.05) is 17.1 Å². The molecule has 0 saturated carbocycles. The number of hydrogen-bond acceptors (Lipinski definition) is 1. The van der Waals surface area contributed by atoms with Gasteiger partial charge in [-0.1, -0.05) is 182 Å². The predicted octanol–water partition coefficient (Wildman–Crippen LogP) is 12.6. The molecule has 276 valence electrons. The second kappa shape index (κ2) is 13.1. The minimum Gasteiger partial charge on any atom is -0.310 e. The van der Waals surface area contributed by atoms with Gasteiger partial charge in [-0.3, -0.25) is 0 Å². The normalized spacial score (nSPS) is 13.0. The quantitative estimate of drug-likeness (QED) is 0.125. The van der Waals surface area contributed by atoms with Gasteiger partial charge >= 0.3 is 0 Å². The highest BCUT2D eigenvalue weighted by Crippen LogP contribution is 2.47. The lowest BCUT2D eigenvalue weighted by Gasteiger charge is -2.33. The molecule has 12 rings (SSSR count). The lowest BCUT2D eigenvalue weighted by Crippen LogP contribution is -2.73. The van der Waals surface area contributed by atoms with Crippen molar-refractivity contribution in [3.8, 4) is 11.1 Å². The van der Waals surface area contributed by atoms with Gasteiger partial charge in [-0.2, -0.15) is 0 Å². The Hall–Kier alpha value is -7.26. The first-order valence-electron chi connectivity index (χ1n) is 20.6. The van der Waals surface area contributed by atoms with Crippen LogP contribution in [0.25, 0.3) is 65.0 Å². The summed E-state index contributed by atoms with van der Waals surface area (Å²) in [5, 5.41) is 18.8. The monoisotopic (exact) mass is 765 g/mol. The summed E-state index contributed by atoms with van der Waals surface area (Å²) in [7, 11) is -2.99. The molecule has 11 aromatic rings. The fraction of sp³-hybridized carbons (Fsp3) is 0.0175. The average molecular weight is 766 g/mol. The van der Waals surface area contributed by atoms with Crippen LogP contribution in [0.5, 0.6) is 0 Å². The molecule has 1 aliphatic rings. The Kier molecular flexibility index (Phi) is 7.54. The zero-order valence-electron chi connectivity index (χ0n) is 32.7. The Morgan fingerprint density at radius 2 is 0.864 bits per heavy atom. The molecular formula is C57H39NSi. The second-order valence-corrected chi connectivity index (χ2v) is 19.7. The molecule has 1 aliphatic heterocycles. The summed E-state index contributed by atoms with van der Waals surface area (Å²) in [5.74, 6) is 0. The molecule has 1 heterocycles. The molecule has 11 aromatic carbocycles. The van der Waals surface area contributed by atoms with E-state index in [0.717, 1.165) is 17.1 Å². The molecule has 0 atom stereocenters. The highest BCUT2D eigenvalue weighted by atomic mass is 28.3. The van der Waals surface area contributed by atoms with E-state index in [0.29, 0.717) is 0 Å². The molecule has 0 unspecified atom stereocenters. The van der Waals surface area contributed by atoms with Crippen LogP contribution >= 0.6 is 0 Å². The van der Waals surface area contributed by atoms with Crippen molar-refractivity contribution in [2.75, 3.05) is 4.90 Å². The van der Waals surface area contributed by atoms with Crippen LogP contribution in [0.15, 0.2) is 218 Å². The number of rotatable bonds is 5. The van der Waals surface area contributed by atoms with E-state index in [9.17, 15) is 0 Å². The first-order chi connectivity index (χ1) is 29.2. The highest BCUT2D eigenvalue weighted by molar-refractivity contribution is 7.23. The van der Waals surface area contributed by atoms with Crippen molar-refractivity contribution in [1.82, 2.24) is 0 Å². The van der Waals surface area contributed by atoms with E-state index in [1.807, 2.05) is 0 Å². The topological polar surface area (TPSA) is 3.24 Å². The van der Waals surface area contributed by atoms with Crippen LogP contribution in [0.4, 0.5) is 17.1 Å². The molecule has 2 heteroatoms. The molecule has 0 saturated heterocycles. The lowest BCUT2D eigenvalue weighted by atomic mass is 9.87. The molecule has 0 N–H and O–H groups in total. The molecule has 0 radical (unpaired) electrons. The zero-order valence-corrected chi connectivity index (χ0v) is 33.7. The summed E-state index contributed by atoms with van der Waals surface area (Å²) in [5.41, 5.74) is 7.36. The number of benzene rings is 11. The Labute approximate surface area is 345 Å². The van der Waals surface area contributed by atoms with Crippen molar-refractivity contribution >= 4 is 99.7 Å². The zero-order chi connectivity index (χ0) is 39.1. The molecule has 0 bridgehead atoms. The van der Waals surface area contributed by atoms with Gasteiger partial charge in [0.1, 0.15) is 0 Å². The van der Waals surface area contributed by atoms with E-state index in [1.54, 1.807) is 0 Å². The van der Waals surface area contributed by atoms with Crippen LogP contribution in [0.1, 0.15) is 5.56 Å². The van der Waals surface area contributed by atoms with Gasteiger partial charge in [0.05, 0.1) is 0 Å². The van der Waals surface area contributed by atoms with E-state index in [1.165, 1.54) is 91.3 Å². The van der Waals surface area contributed by atoms with Crippen LogP contribution in [-0.2, 0) is 0 Å². The van der Waals surface area contributed by atoms with E-state index in [2.05, 4.69) is 230 Å². The Balaban J connectivity index is 1.29. The molecule has 0 aliphatic carbocycles. The van der Waals surface area contributed by atoms with Crippen LogP contribution < -0.4 is 25.6 Å². The molecule has 1 nitrogen and oxygen atoms in total. The van der Waals surface area contributed by atoms with Gasteiger partial charge in [0.25, 0.3) is 0 Å². The third kappa shape index (κ3) is 4.91. The van der Waals surface area contributed by atoms with Gasteiger partial charge in [0.15, 0.2) is 8.07 Å². The molecule has 0 aromatic heterocycles. The van der Waals surface area contributed by atoms with E-state index < -0.39 is 8.07 Å². The van der Waals surface area contributed by atoms with Gasteiger partial charge in [-0.05, 0) is 135 Å². The minimum absolute atomic E-state index is 1.14. The largest absolute Gasteiger partial charge is 0.310 e. The minimum atomic E-state index is -2.99. The molecule has 0 spiro atoms. The fourth-order valence-electron chi connectivity index (χ4n) is 10.5. The van der Waals surface area contributed by atoms with Crippen molar-refractivity contribution in [1.29, 1.82) is 0 Å². The second-order valence-electron chi connectivity index (χ2n) is 16.1. The van der Waals surface area contributed by atoms with Crippen LogP contribution in [-0.4, -0.2) is 8.07 Å². The van der Waals surface area contributed by atoms with Gasteiger partial charge in [-0.15, -0.1) is 0 Å². The molecular weight excluding hydrogens is 727 g/mol. The summed E-state index contributed by atoms with van der Waals surface area (Å²) < 4.78 is 0. The lowest BCUT2D eigenvalue weighted by molar-refractivity contribution is 1.28. The highest BCUT2D eigenvalue weighted by Gasteiger charge is 2.51. The first-order valence-corrected chi connectivity index (χ1v) is 22.6. The Morgan fingerprint density at radius 3 is 1.53 bits per heavy atom. The summed E-state index contributed by atoms with van der Waals surface area (Å²) in [4.78, 5) is 2.46. The smallest absolute Gasteiger partial charge is 0.181 e. The number of hydrogen-bond donors (Lipinski definition) is 0. The third-order valence-corrected chi connectivity index (χ3v) is 17.8. The van der Waals surface area contributed by atoms with Crippen LogP contribution in [0.2, 0.25) is 0 Å². The van der Waals surface area contributed by atoms with Crippen LogP contribution in [0, 0.1) is 6.92 Å². The number of fused-ring (bicyclic) bond motifs is 14. The fourth-order valence-corrected chi connectivity index (χ4v) is 15.9. The molecule has 59 heavy (non-hydrogen) atoms. The Morgan fingerprint density at radius 1 is 0.356 bits per heavy atom. The van der Waals surface area contributed by atoms with E-state index in [-0.39, 0.29) is 0 Å². The predicted molar refractivity (Wildman–Crippen MR) is 256 cm³/mol. The van der Waals surface area contributed by atoms with Crippen molar-refractivity contribution < 1.29 is 0 Å². The standard InChI is InChI=1S/C57H39NSi/c1-38-17-16-20-41(35-38)58(42-32-31-39-18-8-9-19-40(39)36-42)43-33-34-53-52(37-43)55-51-30-15-14-29-50(51)54-48-27-12-10-25-46(48)47-26-11-13-28-49(47)56(54)57(55)59(53,44-21-4-2-5-22-44)45-23-6-3-7-24-45/h2-37H,1H3. The van der Waals surface area contributed by atoms with Crippen molar-refractivity contribution in [3.63, 3.8) is 0 Å². The maximum absolute atomic E-state index is 2.99. The van der Waals surface area contributed by atoms with E-state index >= 15 is 0 Å². The first kappa shape index (κ1) is 33.8. The molecule has 0 amide bonds. The number of aryl methyl sites for hydroxylation is 1. The maximum Gasteiger partial charge on any atom is 0.181 e. The van der Waals surface area contributed by atoms with Gasteiger partial charge in [0.2, 0.25) is 0 Å². The van der Waals surface area contributed by atoms with Crippen LogP contribution in [0.3, 0.4) is 0 Å². The van der Waals surface area contributed by atoms with Crippen molar-refractivity contribution in [2.45, 2.75) is 6.92 Å². The van der Waals surface area contributed by atoms with Gasteiger partial charge < -0.3 is 4.90 Å². The van der Waals surface area contributed by atoms with Crippen molar-refractivity contribution in [2.24, 2.45) is 0 Å². The van der Waals surface area contributed by atoms with Gasteiger partial charge in [-0.25, -0.2) is 0 Å².